The lowest BCUT2D eigenvalue weighted by Gasteiger charge is -2.11. The van der Waals surface area contributed by atoms with E-state index in [0.29, 0.717) is 26.8 Å². The van der Waals surface area contributed by atoms with Crippen LogP contribution in [0.15, 0.2) is 56.6 Å². The number of benzene rings is 2. The Labute approximate surface area is 172 Å². The number of nitrogens with zero attached hydrogens (tertiary/aromatic N) is 2. The average Bonchev–Trinajstić information content (AvgIpc) is 3.06. The number of amides is 1. The lowest BCUT2D eigenvalue weighted by atomic mass is 10.2. The number of halogens is 3. The van der Waals surface area contributed by atoms with Crippen LogP contribution >= 0.6 is 50.9 Å². The van der Waals surface area contributed by atoms with Crippen molar-refractivity contribution in [3.8, 4) is 11.5 Å². The third-order valence-corrected chi connectivity index (χ3v) is 5.52. The van der Waals surface area contributed by atoms with Gasteiger partial charge in [0.05, 0.1) is 21.5 Å². The minimum atomic E-state index is -0.464. The molecule has 0 aliphatic carbocycles. The molecular weight excluding hydrogens is 461 g/mol. The molecule has 0 spiro atoms. The zero-order valence-corrected chi connectivity index (χ0v) is 17.3. The van der Waals surface area contributed by atoms with Crippen molar-refractivity contribution in [1.82, 2.24) is 10.2 Å². The Morgan fingerprint density at radius 3 is 2.73 bits per heavy atom. The van der Waals surface area contributed by atoms with E-state index in [1.54, 1.807) is 25.1 Å². The predicted octanol–water partition coefficient (Wildman–Crippen LogP) is 5.93. The molecule has 0 radical (unpaired) electrons. The van der Waals surface area contributed by atoms with E-state index in [2.05, 4.69) is 31.4 Å². The minimum absolute atomic E-state index is 0.236. The van der Waals surface area contributed by atoms with Gasteiger partial charge in [0.15, 0.2) is 0 Å². The second-order valence-corrected chi connectivity index (χ2v) is 8.22. The van der Waals surface area contributed by atoms with Gasteiger partial charge >= 0.3 is 0 Å². The second-order valence-electron chi connectivity index (χ2n) is 5.23. The highest BCUT2D eigenvalue weighted by atomic mass is 79.9. The molecule has 0 aliphatic heterocycles. The van der Waals surface area contributed by atoms with E-state index in [-0.39, 0.29) is 5.91 Å². The molecule has 1 heterocycles. The molecule has 2 aromatic carbocycles. The molecule has 1 atom stereocenters. The molecule has 3 rings (SSSR count). The van der Waals surface area contributed by atoms with Gasteiger partial charge in [-0.25, -0.2) is 0 Å². The molecule has 1 aromatic heterocycles. The van der Waals surface area contributed by atoms with E-state index in [4.69, 9.17) is 27.6 Å². The summed E-state index contributed by atoms with van der Waals surface area (Å²) in [6.45, 7) is 1.74. The molecule has 0 bridgehead atoms. The van der Waals surface area contributed by atoms with E-state index in [9.17, 15) is 4.79 Å². The molecule has 0 saturated heterocycles. The van der Waals surface area contributed by atoms with Gasteiger partial charge in [0, 0.05) is 9.50 Å². The summed E-state index contributed by atoms with van der Waals surface area (Å²) in [4.78, 5) is 12.4. The highest BCUT2D eigenvalue weighted by molar-refractivity contribution is 9.10. The first-order valence-corrected chi connectivity index (χ1v) is 9.88. The van der Waals surface area contributed by atoms with Gasteiger partial charge in [0.25, 0.3) is 5.22 Å². The highest BCUT2D eigenvalue weighted by Gasteiger charge is 2.20. The van der Waals surface area contributed by atoms with Crippen molar-refractivity contribution in [3.05, 3.63) is 57.0 Å². The Kier molecular flexibility index (Phi) is 6.24. The smallest absolute Gasteiger partial charge is 0.277 e. The second kappa shape index (κ2) is 8.43. The lowest BCUT2D eigenvalue weighted by molar-refractivity contribution is -0.115. The van der Waals surface area contributed by atoms with Gasteiger partial charge in [0.1, 0.15) is 0 Å². The van der Waals surface area contributed by atoms with E-state index in [1.165, 1.54) is 0 Å². The van der Waals surface area contributed by atoms with Gasteiger partial charge in [-0.2, -0.15) is 0 Å². The number of nitrogens with one attached hydrogen (secondary N) is 1. The van der Waals surface area contributed by atoms with Crippen molar-refractivity contribution in [2.75, 3.05) is 5.32 Å². The number of carbonyl (C=O) groups excluding carboxylic acids is 1. The van der Waals surface area contributed by atoms with Crippen molar-refractivity contribution < 1.29 is 9.21 Å². The van der Waals surface area contributed by atoms with Crippen molar-refractivity contribution in [2.24, 2.45) is 0 Å². The first kappa shape index (κ1) is 19.2. The molecule has 26 heavy (non-hydrogen) atoms. The number of hydrogen-bond acceptors (Lipinski definition) is 5. The topological polar surface area (TPSA) is 68.0 Å². The molecule has 1 amide bonds. The summed E-state index contributed by atoms with van der Waals surface area (Å²) in [7, 11) is 0. The van der Waals surface area contributed by atoms with Crippen LogP contribution in [0.25, 0.3) is 11.5 Å². The standard InChI is InChI=1S/C17H12BrCl2N3O2S/c1-9(15(24)21-14-7-6-10(19)8-13(14)20)26-17-23-22-16(25-17)11-4-2-3-5-12(11)18/h2-9H,1H3,(H,21,24). The summed E-state index contributed by atoms with van der Waals surface area (Å²) in [5.74, 6) is 0.146. The molecule has 3 aromatic rings. The molecule has 1 unspecified atom stereocenters. The first-order chi connectivity index (χ1) is 12.4. The van der Waals surface area contributed by atoms with Crippen molar-refractivity contribution >= 4 is 62.5 Å². The summed E-state index contributed by atoms with van der Waals surface area (Å²) >= 11 is 16.5. The zero-order valence-electron chi connectivity index (χ0n) is 13.4. The van der Waals surface area contributed by atoms with Gasteiger partial charge in [-0.05, 0) is 53.2 Å². The van der Waals surface area contributed by atoms with Crippen LogP contribution in [0.4, 0.5) is 5.69 Å². The van der Waals surface area contributed by atoms with Crippen LogP contribution in [0, 0.1) is 0 Å². The summed E-state index contributed by atoms with van der Waals surface area (Å²) < 4.78 is 6.50. The van der Waals surface area contributed by atoms with Crippen molar-refractivity contribution in [3.63, 3.8) is 0 Å². The van der Waals surface area contributed by atoms with Gasteiger partial charge in [-0.15, -0.1) is 10.2 Å². The summed E-state index contributed by atoms with van der Waals surface area (Å²) in [5, 5.41) is 11.5. The maximum Gasteiger partial charge on any atom is 0.277 e. The number of carbonyl (C=O) groups is 1. The predicted molar refractivity (Wildman–Crippen MR) is 108 cm³/mol. The number of hydrogen-bond donors (Lipinski definition) is 1. The van der Waals surface area contributed by atoms with Gasteiger partial charge < -0.3 is 9.73 Å². The molecule has 9 heteroatoms. The summed E-state index contributed by atoms with van der Waals surface area (Å²) in [6, 6.07) is 12.4. The van der Waals surface area contributed by atoms with Crippen LogP contribution in [0.5, 0.6) is 0 Å². The Bertz CT molecular complexity index is 951. The van der Waals surface area contributed by atoms with Crippen LogP contribution in [0.2, 0.25) is 10.0 Å². The molecule has 134 valence electrons. The zero-order chi connectivity index (χ0) is 18.7. The number of rotatable bonds is 5. The highest BCUT2D eigenvalue weighted by Crippen LogP contribution is 2.31. The van der Waals surface area contributed by atoms with Crippen molar-refractivity contribution in [2.45, 2.75) is 17.4 Å². The molecule has 0 aliphatic rings. The number of anilines is 1. The van der Waals surface area contributed by atoms with E-state index < -0.39 is 5.25 Å². The van der Waals surface area contributed by atoms with Crippen molar-refractivity contribution in [1.29, 1.82) is 0 Å². The monoisotopic (exact) mass is 471 g/mol. The van der Waals surface area contributed by atoms with Gasteiger partial charge in [0.2, 0.25) is 11.8 Å². The van der Waals surface area contributed by atoms with E-state index in [0.717, 1.165) is 21.8 Å². The SMILES string of the molecule is CC(Sc1nnc(-c2ccccc2Br)o1)C(=O)Nc1ccc(Cl)cc1Cl. The Morgan fingerprint density at radius 2 is 2.00 bits per heavy atom. The van der Waals surface area contributed by atoms with Gasteiger partial charge in [-0.1, -0.05) is 47.1 Å². The molecule has 0 saturated carbocycles. The van der Waals surface area contributed by atoms with Crippen LogP contribution in [0.1, 0.15) is 6.92 Å². The fourth-order valence-electron chi connectivity index (χ4n) is 2.03. The average molecular weight is 473 g/mol. The number of thioether (sulfide) groups is 1. The largest absolute Gasteiger partial charge is 0.411 e. The van der Waals surface area contributed by atoms with Crippen LogP contribution < -0.4 is 5.32 Å². The third-order valence-electron chi connectivity index (χ3n) is 3.35. The maximum absolute atomic E-state index is 12.4. The van der Waals surface area contributed by atoms with Gasteiger partial charge in [-0.3, -0.25) is 4.79 Å². The fourth-order valence-corrected chi connectivity index (χ4v) is 3.62. The molecule has 5 nitrogen and oxygen atoms in total. The Hall–Kier alpha value is -1.54. The normalized spacial score (nSPS) is 12.0. The van der Waals surface area contributed by atoms with Crippen LogP contribution in [0.3, 0.4) is 0 Å². The minimum Gasteiger partial charge on any atom is -0.411 e. The quantitative estimate of drug-likeness (QED) is 0.466. The lowest BCUT2D eigenvalue weighted by Crippen LogP contribution is -2.22. The summed E-state index contributed by atoms with van der Waals surface area (Å²) in [5.41, 5.74) is 1.28. The van der Waals surface area contributed by atoms with Crippen LogP contribution in [-0.4, -0.2) is 21.4 Å². The van der Waals surface area contributed by atoms with E-state index in [1.807, 2.05) is 24.3 Å². The van der Waals surface area contributed by atoms with E-state index >= 15 is 0 Å². The molecule has 0 fully saturated rings. The Balaban J connectivity index is 1.67. The fraction of sp³-hybridized carbons (Fsp3) is 0.118. The Morgan fingerprint density at radius 1 is 1.23 bits per heavy atom. The molecular formula is C17H12BrCl2N3O2S. The maximum atomic E-state index is 12.4. The molecule has 1 N–H and O–H groups in total. The first-order valence-electron chi connectivity index (χ1n) is 7.45. The summed E-state index contributed by atoms with van der Waals surface area (Å²) in [6.07, 6.45) is 0. The van der Waals surface area contributed by atoms with Crippen LogP contribution in [-0.2, 0) is 4.79 Å². The number of aromatic nitrogens is 2. The third kappa shape index (κ3) is 4.59.